The highest BCUT2D eigenvalue weighted by Crippen LogP contribution is 2.31. The van der Waals surface area contributed by atoms with Gasteiger partial charge in [-0.05, 0) is 25.3 Å². The molecular formula is C12H15N3O5S2. The van der Waals surface area contributed by atoms with Crippen LogP contribution in [0.5, 0.6) is 0 Å². The van der Waals surface area contributed by atoms with Crippen molar-refractivity contribution < 1.29 is 22.6 Å². The molecule has 0 unspecified atom stereocenters. The minimum atomic E-state index is -4.13. The van der Waals surface area contributed by atoms with E-state index in [1.54, 1.807) is 13.8 Å². The number of anilines is 1. The fraction of sp³-hybridized carbons (Fsp3) is 0.333. The van der Waals surface area contributed by atoms with E-state index in [9.17, 15) is 13.2 Å². The molecule has 10 heteroatoms. The number of nitrogens with one attached hydrogen (secondary N) is 1. The molecule has 2 rings (SSSR count). The maximum absolute atomic E-state index is 12.8. The Morgan fingerprint density at radius 2 is 2.14 bits per heavy atom. The van der Waals surface area contributed by atoms with Crippen LogP contribution < -0.4 is 9.79 Å². The van der Waals surface area contributed by atoms with Gasteiger partial charge in [0, 0.05) is 12.6 Å². The number of aromatic nitrogens is 1. The number of carbonyl (C=O) groups is 1. The van der Waals surface area contributed by atoms with Gasteiger partial charge in [-0.2, -0.15) is 8.42 Å². The van der Waals surface area contributed by atoms with Crippen molar-refractivity contribution in [2.75, 3.05) is 18.6 Å². The lowest BCUT2D eigenvalue weighted by molar-refractivity contribution is 0.0964. The van der Waals surface area contributed by atoms with Crippen LogP contribution in [0, 0.1) is 13.8 Å². The van der Waals surface area contributed by atoms with Gasteiger partial charge >= 0.3 is 0 Å². The van der Waals surface area contributed by atoms with Gasteiger partial charge in [0.15, 0.2) is 0 Å². The molecule has 0 aromatic carbocycles. The van der Waals surface area contributed by atoms with Crippen LogP contribution in [0.1, 0.15) is 20.9 Å². The predicted molar refractivity (Wildman–Crippen MR) is 80.4 cm³/mol. The molecule has 2 aromatic heterocycles. The Morgan fingerprint density at radius 3 is 2.64 bits per heavy atom. The number of aryl methyl sites for hydroxylation is 1. The molecule has 8 nitrogen and oxygen atoms in total. The third kappa shape index (κ3) is 2.60. The molecule has 120 valence electrons. The zero-order chi connectivity index (χ0) is 16.5. The van der Waals surface area contributed by atoms with E-state index in [-0.39, 0.29) is 15.7 Å². The summed E-state index contributed by atoms with van der Waals surface area (Å²) in [6.07, 6.45) is 0. The smallest absolute Gasteiger partial charge is 0.291 e. The predicted octanol–water partition coefficient (Wildman–Crippen LogP) is 1.47. The molecule has 0 radical (unpaired) electrons. The topological polar surface area (TPSA) is 102 Å². The van der Waals surface area contributed by atoms with Crippen molar-refractivity contribution in [3.05, 3.63) is 27.6 Å². The third-order valence-corrected chi connectivity index (χ3v) is 5.71. The second kappa shape index (κ2) is 6.07. The third-order valence-electron chi connectivity index (χ3n) is 3.02. The lowest BCUT2D eigenvalue weighted by Crippen LogP contribution is -2.31. The van der Waals surface area contributed by atoms with Crippen LogP contribution in [0.3, 0.4) is 0 Å². The van der Waals surface area contributed by atoms with Crippen LogP contribution in [0.2, 0.25) is 0 Å². The number of amides is 1. The Hall–Kier alpha value is -1.91. The zero-order valence-corrected chi connectivity index (χ0v) is 14.0. The van der Waals surface area contributed by atoms with E-state index in [4.69, 9.17) is 9.36 Å². The van der Waals surface area contributed by atoms with Crippen molar-refractivity contribution in [1.29, 1.82) is 0 Å². The molecule has 0 saturated carbocycles. The average Bonchev–Trinajstić information content (AvgIpc) is 3.09. The highest BCUT2D eigenvalue weighted by atomic mass is 32.2. The normalized spacial score (nSPS) is 11.5. The quantitative estimate of drug-likeness (QED) is 0.823. The molecule has 1 N–H and O–H groups in total. The minimum absolute atomic E-state index is 0.0472. The number of nitrogens with zero attached hydrogens (tertiary/aromatic N) is 2. The number of thiophene rings is 1. The van der Waals surface area contributed by atoms with Crippen molar-refractivity contribution >= 4 is 33.2 Å². The minimum Gasteiger partial charge on any atom is -0.354 e. The Bertz CT molecular complexity index is 794. The first-order chi connectivity index (χ1) is 10.3. The number of hydrogen-bond donors (Lipinski definition) is 1. The second-order valence-electron chi connectivity index (χ2n) is 4.31. The zero-order valence-electron chi connectivity index (χ0n) is 12.4. The van der Waals surface area contributed by atoms with E-state index in [2.05, 4.69) is 10.5 Å². The largest absolute Gasteiger partial charge is 0.354 e. The van der Waals surface area contributed by atoms with Crippen molar-refractivity contribution in [2.45, 2.75) is 18.7 Å². The van der Waals surface area contributed by atoms with Crippen LogP contribution in [-0.4, -0.2) is 33.6 Å². The van der Waals surface area contributed by atoms with E-state index in [0.29, 0.717) is 15.7 Å². The van der Waals surface area contributed by atoms with Crippen LogP contribution in [-0.2, 0) is 14.9 Å². The van der Waals surface area contributed by atoms with E-state index in [1.165, 1.54) is 25.6 Å². The van der Waals surface area contributed by atoms with E-state index in [1.807, 2.05) is 0 Å². The summed E-state index contributed by atoms with van der Waals surface area (Å²) in [7, 11) is -1.51. The summed E-state index contributed by atoms with van der Waals surface area (Å²) in [6.45, 7) is 3.35. The Balaban J connectivity index is 2.56. The molecule has 0 atom stereocenters. The molecule has 2 aromatic rings. The molecule has 0 aliphatic rings. The summed E-state index contributed by atoms with van der Waals surface area (Å²) in [5.74, 6) is -0.538. The van der Waals surface area contributed by atoms with Crippen molar-refractivity contribution in [3.8, 4) is 0 Å². The summed E-state index contributed by atoms with van der Waals surface area (Å²) in [6, 6.07) is 1.34. The average molecular weight is 345 g/mol. The fourth-order valence-corrected chi connectivity index (χ4v) is 4.34. The molecule has 0 fully saturated rings. The Labute approximate surface area is 131 Å². The van der Waals surface area contributed by atoms with Crippen LogP contribution >= 0.6 is 11.3 Å². The molecule has 2 heterocycles. The molecule has 1 amide bonds. The maximum atomic E-state index is 12.8. The summed E-state index contributed by atoms with van der Waals surface area (Å²) < 4.78 is 31.2. The van der Waals surface area contributed by atoms with Crippen molar-refractivity contribution in [3.63, 3.8) is 0 Å². The first-order valence-electron chi connectivity index (χ1n) is 6.16. The van der Waals surface area contributed by atoms with Crippen LogP contribution in [0.15, 0.2) is 20.9 Å². The first-order valence-corrected chi connectivity index (χ1v) is 8.48. The SMILES string of the molecule is CNC(=O)c1sccc1S(=O)(=O)N(OC)c1onc(C)c1C. The lowest BCUT2D eigenvalue weighted by atomic mass is 10.3. The second-order valence-corrected chi connectivity index (χ2v) is 6.94. The fourth-order valence-electron chi connectivity index (χ4n) is 1.73. The molecule has 0 aliphatic heterocycles. The molecular weight excluding hydrogens is 330 g/mol. The monoisotopic (exact) mass is 345 g/mol. The number of hydrogen-bond acceptors (Lipinski definition) is 7. The van der Waals surface area contributed by atoms with Gasteiger partial charge in [0.05, 0.1) is 12.8 Å². The number of sulfonamides is 1. The van der Waals surface area contributed by atoms with Gasteiger partial charge in [-0.1, -0.05) is 5.16 Å². The first kappa shape index (κ1) is 16.5. The Kier molecular flexibility index (Phi) is 4.54. The van der Waals surface area contributed by atoms with Gasteiger partial charge in [0.2, 0.25) is 0 Å². The van der Waals surface area contributed by atoms with E-state index in [0.717, 1.165) is 11.3 Å². The maximum Gasteiger partial charge on any atom is 0.291 e. The van der Waals surface area contributed by atoms with Gasteiger partial charge in [-0.25, -0.2) is 0 Å². The molecule has 0 bridgehead atoms. The molecule has 0 spiro atoms. The van der Waals surface area contributed by atoms with Gasteiger partial charge in [-0.15, -0.1) is 15.8 Å². The van der Waals surface area contributed by atoms with Crippen LogP contribution in [0.25, 0.3) is 0 Å². The summed E-state index contributed by atoms with van der Waals surface area (Å²) in [5, 5.41) is 7.64. The van der Waals surface area contributed by atoms with Crippen LogP contribution in [0.4, 0.5) is 5.88 Å². The molecule has 22 heavy (non-hydrogen) atoms. The Morgan fingerprint density at radius 1 is 1.45 bits per heavy atom. The summed E-state index contributed by atoms with van der Waals surface area (Å²) >= 11 is 1.02. The van der Waals surface area contributed by atoms with Gasteiger partial charge in [0.1, 0.15) is 9.77 Å². The summed E-state index contributed by atoms with van der Waals surface area (Å²) in [4.78, 5) is 16.7. The van der Waals surface area contributed by atoms with E-state index >= 15 is 0 Å². The van der Waals surface area contributed by atoms with Gasteiger partial charge in [0.25, 0.3) is 21.8 Å². The van der Waals surface area contributed by atoms with Crippen molar-refractivity contribution in [2.24, 2.45) is 0 Å². The van der Waals surface area contributed by atoms with Gasteiger partial charge in [-0.3, -0.25) is 9.63 Å². The summed E-state index contributed by atoms with van der Waals surface area (Å²) in [5.41, 5.74) is 1.08. The number of carbonyl (C=O) groups excluding carboxylic acids is 1. The molecule has 0 aliphatic carbocycles. The van der Waals surface area contributed by atoms with E-state index < -0.39 is 15.9 Å². The highest BCUT2D eigenvalue weighted by Gasteiger charge is 2.34. The van der Waals surface area contributed by atoms with Crippen molar-refractivity contribution in [1.82, 2.24) is 10.5 Å². The molecule has 0 saturated heterocycles. The number of rotatable bonds is 5. The lowest BCUT2D eigenvalue weighted by Gasteiger charge is -2.18. The highest BCUT2D eigenvalue weighted by molar-refractivity contribution is 7.92. The van der Waals surface area contributed by atoms with Gasteiger partial charge < -0.3 is 9.84 Å². The standard InChI is InChI=1S/C12H15N3O5S2/c1-7-8(2)14-20-12(7)15(19-4)22(17,18)9-5-6-21-10(9)11(16)13-3/h5-6H,1-4H3,(H,13,16).